The molecule has 3 aromatic rings. The first-order valence-electron chi connectivity index (χ1n) is 6.05. The number of rotatable bonds is 1. The standard InChI is InChI=1S/C15H11ClN4/c1-9-2-3-10(8-17)6-13(9)20-14-7-11(16)4-5-12(14)19-15(20)18/h2-7H,1H3,(H2,18,19). The van der Waals surface area contributed by atoms with Crippen molar-refractivity contribution in [3.05, 3.63) is 52.5 Å². The Morgan fingerprint density at radius 1 is 1.25 bits per heavy atom. The van der Waals surface area contributed by atoms with E-state index in [-0.39, 0.29) is 0 Å². The molecule has 1 aromatic heterocycles. The lowest BCUT2D eigenvalue weighted by atomic mass is 10.1. The highest BCUT2D eigenvalue weighted by molar-refractivity contribution is 6.31. The van der Waals surface area contributed by atoms with Crippen LogP contribution in [0.5, 0.6) is 0 Å². The first kappa shape index (κ1) is 12.5. The Labute approximate surface area is 121 Å². The van der Waals surface area contributed by atoms with Crippen LogP contribution in [0.25, 0.3) is 16.7 Å². The topological polar surface area (TPSA) is 67.6 Å². The fourth-order valence-corrected chi connectivity index (χ4v) is 2.41. The van der Waals surface area contributed by atoms with Crippen LogP contribution < -0.4 is 5.73 Å². The molecule has 98 valence electrons. The highest BCUT2D eigenvalue weighted by Crippen LogP contribution is 2.27. The second kappa shape index (κ2) is 4.55. The van der Waals surface area contributed by atoms with Crippen LogP contribution in [0.1, 0.15) is 11.1 Å². The summed E-state index contributed by atoms with van der Waals surface area (Å²) >= 11 is 6.05. The highest BCUT2D eigenvalue weighted by Gasteiger charge is 2.12. The Kier molecular flexibility index (Phi) is 2.85. The Bertz CT molecular complexity index is 858. The summed E-state index contributed by atoms with van der Waals surface area (Å²) in [4.78, 5) is 4.33. The van der Waals surface area contributed by atoms with Gasteiger partial charge in [-0.25, -0.2) is 4.98 Å². The van der Waals surface area contributed by atoms with E-state index in [1.165, 1.54) is 0 Å². The zero-order chi connectivity index (χ0) is 14.3. The second-order valence-corrected chi connectivity index (χ2v) is 4.99. The van der Waals surface area contributed by atoms with Gasteiger partial charge in [-0.15, -0.1) is 0 Å². The van der Waals surface area contributed by atoms with Crippen LogP contribution in [0, 0.1) is 18.3 Å². The van der Waals surface area contributed by atoms with E-state index in [4.69, 9.17) is 22.6 Å². The van der Waals surface area contributed by atoms with Crippen LogP contribution in [0.2, 0.25) is 5.02 Å². The number of nitrogens with zero attached hydrogens (tertiary/aromatic N) is 3. The van der Waals surface area contributed by atoms with E-state index >= 15 is 0 Å². The van der Waals surface area contributed by atoms with E-state index in [1.54, 1.807) is 18.2 Å². The lowest BCUT2D eigenvalue weighted by Gasteiger charge is -2.10. The van der Waals surface area contributed by atoms with Crippen molar-refractivity contribution < 1.29 is 0 Å². The molecule has 0 bridgehead atoms. The number of nitrogen functional groups attached to an aromatic ring is 1. The summed E-state index contributed by atoms with van der Waals surface area (Å²) in [6.45, 7) is 1.96. The molecule has 0 unspecified atom stereocenters. The van der Waals surface area contributed by atoms with E-state index in [0.717, 1.165) is 22.3 Å². The summed E-state index contributed by atoms with van der Waals surface area (Å²) in [7, 11) is 0. The minimum Gasteiger partial charge on any atom is -0.369 e. The molecule has 0 aliphatic heterocycles. The Hall–Kier alpha value is -2.51. The monoisotopic (exact) mass is 282 g/mol. The molecule has 0 radical (unpaired) electrons. The molecule has 0 saturated heterocycles. The summed E-state index contributed by atoms with van der Waals surface area (Å²) in [6, 6.07) is 13.0. The molecule has 0 aliphatic carbocycles. The summed E-state index contributed by atoms with van der Waals surface area (Å²) in [5.41, 5.74) is 10.0. The van der Waals surface area contributed by atoms with Crippen LogP contribution in [-0.4, -0.2) is 9.55 Å². The second-order valence-electron chi connectivity index (χ2n) is 4.55. The molecule has 0 fully saturated rings. The maximum atomic E-state index is 9.05. The summed E-state index contributed by atoms with van der Waals surface area (Å²) in [5, 5.41) is 9.67. The van der Waals surface area contributed by atoms with Gasteiger partial charge >= 0.3 is 0 Å². The van der Waals surface area contributed by atoms with Gasteiger partial charge in [0.2, 0.25) is 5.95 Å². The third kappa shape index (κ3) is 1.89. The average molecular weight is 283 g/mol. The maximum absolute atomic E-state index is 9.05. The van der Waals surface area contributed by atoms with E-state index in [9.17, 15) is 0 Å². The van der Waals surface area contributed by atoms with Gasteiger partial charge < -0.3 is 5.73 Å². The molecule has 2 aromatic carbocycles. The number of anilines is 1. The van der Waals surface area contributed by atoms with Gasteiger partial charge in [-0.3, -0.25) is 4.57 Å². The number of imidazole rings is 1. The number of benzene rings is 2. The molecule has 4 nitrogen and oxygen atoms in total. The normalized spacial score (nSPS) is 10.7. The van der Waals surface area contributed by atoms with Gasteiger partial charge in [0.1, 0.15) is 0 Å². The number of fused-ring (bicyclic) bond motifs is 1. The number of aromatic nitrogens is 2. The predicted molar refractivity (Wildman–Crippen MR) is 79.9 cm³/mol. The van der Waals surface area contributed by atoms with Gasteiger partial charge in [0.15, 0.2) is 0 Å². The van der Waals surface area contributed by atoms with Gasteiger partial charge in [-0.2, -0.15) is 5.26 Å². The number of nitrogens with two attached hydrogens (primary N) is 1. The Balaban J connectivity index is 2.37. The molecular weight excluding hydrogens is 272 g/mol. The van der Waals surface area contributed by atoms with E-state index < -0.39 is 0 Å². The van der Waals surface area contributed by atoms with Gasteiger partial charge in [0, 0.05) is 5.02 Å². The molecule has 1 heterocycles. The maximum Gasteiger partial charge on any atom is 0.205 e. The summed E-state index contributed by atoms with van der Waals surface area (Å²) < 4.78 is 1.82. The van der Waals surface area contributed by atoms with Crippen molar-refractivity contribution in [2.24, 2.45) is 0 Å². The summed E-state index contributed by atoms with van der Waals surface area (Å²) in [5.74, 6) is 0.375. The van der Waals surface area contributed by atoms with E-state index in [0.29, 0.717) is 16.5 Å². The molecule has 3 rings (SSSR count). The predicted octanol–water partition coefficient (Wildman–Crippen LogP) is 3.44. The number of hydrogen-bond acceptors (Lipinski definition) is 3. The van der Waals surface area contributed by atoms with Crippen LogP contribution in [0.3, 0.4) is 0 Å². The fourth-order valence-electron chi connectivity index (χ4n) is 2.24. The zero-order valence-electron chi connectivity index (χ0n) is 10.8. The molecule has 5 heteroatoms. The Morgan fingerprint density at radius 3 is 2.80 bits per heavy atom. The van der Waals surface area contributed by atoms with Crippen LogP contribution in [0.4, 0.5) is 5.95 Å². The average Bonchev–Trinajstić information content (AvgIpc) is 2.75. The van der Waals surface area contributed by atoms with Crippen LogP contribution in [-0.2, 0) is 0 Å². The first-order chi connectivity index (χ1) is 9.60. The SMILES string of the molecule is Cc1ccc(C#N)cc1-n1c(N)nc2ccc(Cl)cc21. The minimum absolute atomic E-state index is 0.375. The molecule has 0 atom stereocenters. The van der Waals surface area contributed by atoms with Gasteiger partial charge in [0.05, 0.1) is 28.4 Å². The summed E-state index contributed by atoms with van der Waals surface area (Å²) in [6.07, 6.45) is 0. The highest BCUT2D eigenvalue weighted by atomic mass is 35.5. The van der Waals surface area contributed by atoms with Crippen molar-refractivity contribution in [3.63, 3.8) is 0 Å². The quantitative estimate of drug-likeness (QED) is 0.743. The van der Waals surface area contributed by atoms with Crippen molar-refractivity contribution >= 4 is 28.6 Å². The molecule has 0 spiro atoms. The molecular formula is C15H11ClN4. The van der Waals surface area contributed by atoms with E-state index in [1.807, 2.05) is 29.7 Å². The van der Waals surface area contributed by atoms with Crippen LogP contribution >= 0.6 is 11.6 Å². The third-order valence-electron chi connectivity index (χ3n) is 3.22. The zero-order valence-corrected chi connectivity index (χ0v) is 11.5. The van der Waals surface area contributed by atoms with Gasteiger partial charge in [-0.05, 0) is 42.8 Å². The van der Waals surface area contributed by atoms with Gasteiger partial charge in [-0.1, -0.05) is 17.7 Å². The minimum atomic E-state index is 0.375. The number of nitriles is 1. The molecule has 0 aliphatic rings. The fraction of sp³-hybridized carbons (Fsp3) is 0.0667. The third-order valence-corrected chi connectivity index (χ3v) is 3.46. The molecule has 20 heavy (non-hydrogen) atoms. The molecule has 0 amide bonds. The number of halogens is 1. The Morgan fingerprint density at radius 2 is 2.05 bits per heavy atom. The number of hydrogen-bond donors (Lipinski definition) is 1. The largest absolute Gasteiger partial charge is 0.369 e. The lowest BCUT2D eigenvalue weighted by molar-refractivity contribution is 1.09. The van der Waals surface area contributed by atoms with Crippen molar-refractivity contribution in [1.29, 1.82) is 5.26 Å². The smallest absolute Gasteiger partial charge is 0.205 e. The lowest BCUT2D eigenvalue weighted by Crippen LogP contribution is -2.03. The molecule has 2 N–H and O–H groups in total. The van der Waals surface area contributed by atoms with Crippen molar-refractivity contribution in [1.82, 2.24) is 9.55 Å². The first-order valence-corrected chi connectivity index (χ1v) is 6.42. The van der Waals surface area contributed by atoms with Crippen molar-refractivity contribution in [2.75, 3.05) is 5.73 Å². The molecule has 0 saturated carbocycles. The van der Waals surface area contributed by atoms with Crippen molar-refractivity contribution in [3.8, 4) is 11.8 Å². The van der Waals surface area contributed by atoms with Crippen LogP contribution in [0.15, 0.2) is 36.4 Å². The van der Waals surface area contributed by atoms with Gasteiger partial charge in [0.25, 0.3) is 0 Å². The number of aryl methyl sites for hydroxylation is 1. The van der Waals surface area contributed by atoms with E-state index in [2.05, 4.69) is 11.1 Å². The van der Waals surface area contributed by atoms with Crippen molar-refractivity contribution in [2.45, 2.75) is 6.92 Å².